The number of rotatable bonds is 8. The van der Waals surface area contributed by atoms with Crippen LogP contribution in [-0.4, -0.2) is 29.8 Å². The minimum atomic E-state index is -0.933. The fraction of sp³-hybridized carbons (Fsp3) is 0.375. The molecule has 0 heterocycles. The number of ether oxygens (including phenoxy) is 1. The average Bonchev–Trinajstić information content (AvgIpc) is 2.68. The number of hydrogen-bond donors (Lipinski definition) is 1. The zero-order chi connectivity index (χ0) is 21.6. The highest BCUT2D eigenvalue weighted by molar-refractivity contribution is 6.00. The largest absolute Gasteiger partial charge is 0.453 e. The lowest BCUT2D eigenvalue weighted by Crippen LogP contribution is -2.47. The molecule has 2 aromatic rings. The Labute approximate surface area is 172 Å². The molecule has 0 bridgehead atoms. The topological polar surface area (TPSA) is 72.5 Å². The van der Waals surface area contributed by atoms with Crippen molar-refractivity contribution >= 4 is 17.7 Å². The highest BCUT2D eigenvalue weighted by Crippen LogP contribution is 2.14. The number of aryl methyl sites for hydroxylation is 2. The van der Waals surface area contributed by atoms with Gasteiger partial charge in [0.25, 0.3) is 0 Å². The highest BCUT2D eigenvalue weighted by Gasteiger charge is 2.29. The Hall–Kier alpha value is -2.95. The summed E-state index contributed by atoms with van der Waals surface area (Å²) in [6.45, 7) is 9.10. The maximum absolute atomic E-state index is 12.7. The maximum Gasteiger partial charge on any atom is 0.329 e. The van der Waals surface area contributed by atoms with Crippen molar-refractivity contribution in [2.24, 2.45) is 5.92 Å². The molecule has 0 saturated heterocycles. The van der Waals surface area contributed by atoms with Crippen molar-refractivity contribution in [3.63, 3.8) is 0 Å². The first-order valence-corrected chi connectivity index (χ1v) is 9.84. The molecule has 0 unspecified atom stereocenters. The lowest BCUT2D eigenvalue weighted by atomic mass is 10.0. The van der Waals surface area contributed by atoms with Crippen LogP contribution in [0.5, 0.6) is 0 Å². The van der Waals surface area contributed by atoms with Crippen LogP contribution in [0.3, 0.4) is 0 Å². The Morgan fingerprint density at radius 1 is 0.931 bits per heavy atom. The van der Waals surface area contributed by atoms with E-state index in [1.54, 1.807) is 19.1 Å². The summed E-state index contributed by atoms with van der Waals surface area (Å²) in [7, 11) is 0. The van der Waals surface area contributed by atoms with Gasteiger partial charge in [0.2, 0.25) is 11.7 Å². The van der Waals surface area contributed by atoms with Crippen molar-refractivity contribution in [2.75, 3.05) is 0 Å². The first kappa shape index (κ1) is 22.3. The molecule has 5 heteroatoms. The van der Waals surface area contributed by atoms with E-state index >= 15 is 0 Å². The molecule has 5 nitrogen and oxygen atoms in total. The number of Topliss-reactive ketones (excluding diaryl/α,β-unsaturated/α-hetero) is 1. The molecule has 0 aliphatic carbocycles. The van der Waals surface area contributed by atoms with Crippen LogP contribution in [0.1, 0.15) is 47.8 Å². The van der Waals surface area contributed by atoms with Gasteiger partial charge >= 0.3 is 5.97 Å². The summed E-state index contributed by atoms with van der Waals surface area (Å²) in [6.07, 6.45) is -0.758. The SMILES string of the molecule is Cc1ccc(C(=O)[C@H](C)OC(=O)[C@@H](NC(=O)Cc2ccccc2)C(C)C)cc1C. The van der Waals surface area contributed by atoms with E-state index in [-0.39, 0.29) is 24.0 Å². The van der Waals surface area contributed by atoms with Gasteiger partial charge in [-0.05, 0) is 49.4 Å². The van der Waals surface area contributed by atoms with Gasteiger partial charge < -0.3 is 10.1 Å². The number of ketones is 1. The van der Waals surface area contributed by atoms with Gasteiger partial charge in [0.1, 0.15) is 6.04 Å². The molecule has 0 fully saturated rings. The summed E-state index contributed by atoms with van der Waals surface area (Å²) in [6, 6.07) is 13.9. The quantitative estimate of drug-likeness (QED) is 0.545. The van der Waals surface area contributed by atoms with Crippen LogP contribution in [0.2, 0.25) is 0 Å². The van der Waals surface area contributed by atoms with E-state index in [1.165, 1.54) is 0 Å². The van der Waals surface area contributed by atoms with Crippen LogP contribution in [0, 0.1) is 19.8 Å². The number of carbonyl (C=O) groups is 3. The Kier molecular flexibility index (Phi) is 7.71. The van der Waals surface area contributed by atoms with Gasteiger partial charge in [-0.15, -0.1) is 0 Å². The van der Waals surface area contributed by atoms with Crippen molar-refractivity contribution < 1.29 is 19.1 Å². The average molecular weight is 395 g/mol. The van der Waals surface area contributed by atoms with E-state index in [1.807, 2.05) is 64.1 Å². The zero-order valence-corrected chi connectivity index (χ0v) is 17.7. The first-order chi connectivity index (χ1) is 13.7. The van der Waals surface area contributed by atoms with Crippen molar-refractivity contribution in [1.82, 2.24) is 5.32 Å². The molecule has 29 heavy (non-hydrogen) atoms. The number of benzene rings is 2. The van der Waals surface area contributed by atoms with Gasteiger partial charge in [-0.3, -0.25) is 9.59 Å². The molecule has 0 spiro atoms. The monoisotopic (exact) mass is 395 g/mol. The van der Waals surface area contributed by atoms with E-state index in [0.717, 1.165) is 16.7 Å². The van der Waals surface area contributed by atoms with Crippen LogP contribution in [0.25, 0.3) is 0 Å². The fourth-order valence-electron chi connectivity index (χ4n) is 2.93. The fourth-order valence-corrected chi connectivity index (χ4v) is 2.93. The Balaban J connectivity index is 2.01. The van der Waals surface area contributed by atoms with Gasteiger partial charge in [-0.25, -0.2) is 4.79 Å². The summed E-state index contributed by atoms with van der Waals surface area (Å²) in [5, 5.41) is 2.74. The van der Waals surface area contributed by atoms with Gasteiger partial charge in [0, 0.05) is 5.56 Å². The highest BCUT2D eigenvalue weighted by atomic mass is 16.5. The third-order valence-electron chi connectivity index (χ3n) is 4.90. The standard InChI is InChI=1S/C24H29NO4/c1-15(2)22(25-21(26)14-19-9-7-6-8-10-19)24(28)29-18(5)23(27)20-12-11-16(3)17(4)13-20/h6-13,15,18,22H,14H2,1-5H3,(H,25,26)/t18-,22-/m0/s1. The molecule has 0 aromatic heterocycles. The van der Waals surface area contributed by atoms with Crippen molar-refractivity contribution in [2.45, 2.75) is 53.2 Å². The van der Waals surface area contributed by atoms with E-state index in [9.17, 15) is 14.4 Å². The van der Waals surface area contributed by atoms with Crippen molar-refractivity contribution in [3.05, 3.63) is 70.8 Å². The Morgan fingerprint density at radius 3 is 2.17 bits per heavy atom. The third kappa shape index (κ3) is 6.28. The minimum Gasteiger partial charge on any atom is -0.453 e. The second-order valence-electron chi connectivity index (χ2n) is 7.69. The molecule has 0 radical (unpaired) electrons. The molecule has 1 N–H and O–H groups in total. The Bertz CT molecular complexity index is 874. The summed E-state index contributed by atoms with van der Waals surface area (Å²) in [5.41, 5.74) is 3.46. The molecule has 2 aromatic carbocycles. The number of nitrogens with one attached hydrogen (secondary N) is 1. The zero-order valence-electron chi connectivity index (χ0n) is 17.7. The molecule has 1 amide bonds. The predicted molar refractivity (Wildman–Crippen MR) is 113 cm³/mol. The van der Waals surface area contributed by atoms with Gasteiger partial charge in [-0.1, -0.05) is 56.3 Å². The number of hydrogen-bond acceptors (Lipinski definition) is 4. The molecule has 2 atom stereocenters. The van der Waals surface area contributed by atoms with Crippen LogP contribution in [0.4, 0.5) is 0 Å². The summed E-state index contributed by atoms with van der Waals surface area (Å²) in [5.74, 6) is -1.31. The van der Waals surface area contributed by atoms with Crippen molar-refractivity contribution in [1.29, 1.82) is 0 Å². The Morgan fingerprint density at radius 2 is 1.59 bits per heavy atom. The van der Waals surface area contributed by atoms with E-state index in [4.69, 9.17) is 4.74 Å². The molecule has 0 aliphatic rings. The lowest BCUT2D eigenvalue weighted by Gasteiger charge is -2.23. The van der Waals surface area contributed by atoms with Gasteiger partial charge in [0.05, 0.1) is 6.42 Å². The minimum absolute atomic E-state index is 0.175. The number of esters is 1. The van der Waals surface area contributed by atoms with Crippen LogP contribution in [0.15, 0.2) is 48.5 Å². The first-order valence-electron chi connectivity index (χ1n) is 9.84. The molecule has 0 saturated carbocycles. The third-order valence-corrected chi connectivity index (χ3v) is 4.90. The molecule has 0 aliphatic heterocycles. The molecular formula is C24H29NO4. The second-order valence-corrected chi connectivity index (χ2v) is 7.69. The maximum atomic E-state index is 12.7. The number of amides is 1. The van der Waals surface area contributed by atoms with E-state index in [0.29, 0.717) is 5.56 Å². The molecule has 2 rings (SSSR count). The molecular weight excluding hydrogens is 366 g/mol. The lowest BCUT2D eigenvalue weighted by molar-refractivity contribution is -0.151. The van der Waals surface area contributed by atoms with Crippen LogP contribution < -0.4 is 5.32 Å². The summed E-state index contributed by atoms with van der Waals surface area (Å²) in [4.78, 5) is 37.6. The van der Waals surface area contributed by atoms with E-state index < -0.39 is 18.1 Å². The summed E-state index contributed by atoms with van der Waals surface area (Å²) >= 11 is 0. The van der Waals surface area contributed by atoms with Gasteiger partial charge in [-0.2, -0.15) is 0 Å². The van der Waals surface area contributed by atoms with Crippen molar-refractivity contribution in [3.8, 4) is 0 Å². The van der Waals surface area contributed by atoms with Gasteiger partial charge in [0.15, 0.2) is 6.10 Å². The smallest absolute Gasteiger partial charge is 0.329 e. The second kappa shape index (κ2) is 10.0. The van der Waals surface area contributed by atoms with E-state index in [2.05, 4.69) is 5.32 Å². The normalized spacial score (nSPS) is 12.9. The summed E-state index contributed by atoms with van der Waals surface area (Å²) < 4.78 is 5.41. The molecule has 154 valence electrons. The van der Waals surface area contributed by atoms with Crippen LogP contribution in [-0.2, 0) is 20.7 Å². The van der Waals surface area contributed by atoms with Crippen LogP contribution >= 0.6 is 0 Å². The number of carbonyl (C=O) groups excluding carboxylic acids is 3. The predicted octanol–water partition coefficient (Wildman–Crippen LogP) is 3.80.